The highest BCUT2D eigenvalue weighted by Gasteiger charge is 2.32. The Morgan fingerprint density at radius 2 is 2.15 bits per heavy atom. The Hall–Kier alpha value is -1.98. The lowest BCUT2D eigenvalue weighted by atomic mass is 10.00. The second-order valence-electron chi connectivity index (χ2n) is 4.98. The summed E-state index contributed by atoms with van der Waals surface area (Å²) in [6.45, 7) is 2.66. The van der Waals surface area contributed by atoms with E-state index in [1.807, 2.05) is 6.92 Å². The van der Waals surface area contributed by atoms with E-state index in [1.54, 1.807) is 16.9 Å². The van der Waals surface area contributed by atoms with Gasteiger partial charge in [-0.2, -0.15) is 18.3 Å². The Balaban J connectivity index is 2.02. The number of hydrogen-bond donors (Lipinski definition) is 1. The monoisotopic (exact) mass is 281 g/mol. The molecular weight excluding hydrogens is 267 g/mol. The van der Waals surface area contributed by atoms with Crippen LogP contribution < -0.4 is 5.32 Å². The first-order valence-corrected chi connectivity index (χ1v) is 6.42. The van der Waals surface area contributed by atoms with Gasteiger partial charge < -0.3 is 5.32 Å². The van der Waals surface area contributed by atoms with Crippen molar-refractivity contribution in [2.24, 2.45) is 0 Å². The molecule has 1 aromatic heterocycles. The van der Waals surface area contributed by atoms with Crippen LogP contribution in [0.1, 0.15) is 29.2 Å². The van der Waals surface area contributed by atoms with E-state index in [4.69, 9.17) is 0 Å². The lowest BCUT2D eigenvalue weighted by molar-refractivity contribution is -0.137. The van der Waals surface area contributed by atoms with Gasteiger partial charge in [-0.3, -0.25) is 0 Å². The zero-order valence-electron chi connectivity index (χ0n) is 10.9. The number of nitrogens with one attached hydrogen (secondary N) is 1. The first kappa shape index (κ1) is 13.0. The largest absolute Gasteiger partial charge is 0.416 e. The van der Waals surface area contributed by atoms with Crippen molar-refractivity contribution < 1.29 is 13.2 Å². The van der Waals surface area contributed by atoms with Crippen molar-refractivity contribution in [3.63, 3.8) is 0 Å². The Labute approximate surface area is 114 Å². The fourth-order valence-corrected chi connectivity index (χ4v) is 2.58. The Morgan fingerprint density at radius 3 is 2.90 bits per heavy atom. The fraction of sp³-hybridized carbons (Fsp3) is 0.357. The molecule has 0 bridgehead atoms. The van der Waals surface area contributed by atoms with Crippen molar-refractivity contribution in [1.29, 1.82) is 0 Å². The molecule has 0 aliphatic carbocycles. The van der Waals surface area contributed by atoms with E-state index in [0.29, 0.717) is 5.56 Å². The molecule has 1 N–H and O–H groups in total. The molecule has 6 heteroatoms. The number of anilines is 1. The van der Waals surface area contributed by atoms with E-state index in [-0.39, 0.29) is 6.04 Å². The standard InChI is InChI=1S/C14H14F3N3/c1-9-8-19-20-12(5-6-18-13(9)20)10-3-2-4-11(7-10)14(15,16)17/h2-4,7-8,12,18H,5-6H2,1H3. The number of alkyl halides is 3. The number of fused-ring (bicyclic) bond motifs is 1. The van der Waals surface area contributed by atoms with Crippen LogP contribution >= 0.6 is 0 Å². The summed E-state index contributed by atoms with van der Waals surface area (Å²) in [5.41, 5.74) is 1.03. The number of aromatic nitrogens is 2. The predicted molar refractivity (Wildman–Crippen MR) is 69.7 cm³/mol. The molecule has 0 amide bonds. The molecule has 1 atom stereocenters. The van der Waals surface area contributed by atoms with E-state index in [9.17, 15) is 13.2 Å². The minimum absolute atomic E-state index is 0.151. The molecule has 0 saturated carbocycles. The first-order chi connectivity index (χ1) is 9.47. The van der Waals surface area contributed by atoms with Crippen LogP contribution in [0.3, 0.4) is 0 Å². The van der Waals surface area contributed by atoms with Crippen LogP contribution in [0.2, 0.25) is 0 Å². The molecule has 0 spiro atoms. The number of nitrogens with zero attached hydrogens (tertiary/aromatic N) is 2. The van der Waals surface area contributed by atoms with Gasteiger partial charge in [-0.25, -0.2) is 4.68 Å². The quantitative estimate of drug-likeness (QED) is 0.865. The molecule has 0 radical (unpaired) electrons. The van der Waals surface area contributed by atoms with Gasteiger partial charge in [-0.15, -0.1) is 0 Å². The van der Waals surface area contributed by atoms with Gasteiger partial charge in [0.05, 0.1) is 17.8 Å². The van der Waals surface area contributed by atoms with Gasteiger partial charge in [-0.05, 0) is 31.0 Å². The number of benzene rings is 1. The molecule has 2 heterocycles. The fourth-order valence-electron chi connectivity index (χ4n) is 2.58. The maximum absolute atomic E-state index is 12.8. The summed E-state index contributed by atoms with van der Waals surface area (Å²) in [4.78, 5) is 0. The van der Waals surface area contributed by atoms with E-state index in [1.165, 1.54) is 12.1 Å². The molecule has 3 nitrogen and oxygen atoms in total. The zero-order valence-corrected chi connectivity index (χ0v) is 10.9. The van der Waals surface area contributed by atoms with Gasteiger partial charge in [0.1, 0.15) is 5.82 Å². The number of halogens is 3. The SMILES string of the molecule is Cc1cnn2c1NCCC2c1cccc(C(F)(F)F)c1. The minimum atomic E-state index is -4.31. The van der Waals surface area contributed by atoms with Crippen molar-refractivity contribution in [3.8, 4) is 0 Å². The summed E-state index contributed by atoms with van der Waals surface area (Å²) in [5, 5.41) is 7.51. The lowest BCUT2D eigenvalue weighted by Gasteiger charge is -2.27. The van der Waals surface area contributed by atoms with Crippen LogP contribution in [0.4, 0.5) is 19.0 Å². The second-order valence-corrected chi connectivity index (χ2v) is 4.98. The van der Waals surface area contributed by atoms with E-state index >= 15 is 0 Å². The zero-order chi connectivity index (χ0) is 14.3. The van der Waals surface area contributed by atoms with Crippen molar-refractivity contribution in [2.45, 2.75) is 25.6 Å². The lowest BCUT2D eigenvalue weighted by Crippen LogP contribution is -2.25. The van der Waals surface area contributed by atoms with Gasteiger partial charge in [0, 0.05) is 12.1 Å². The predicted octanol–water partition coefficient (Wildman–Crippen LogP) is 3.62. The highest BCUT2D eigenvalue weighted by Crippen LogP contribution is 2.34. The van der Waals surface area contributed by atoms with Crippen molar-refractivity contribution >= 4 is 5.82 Å². The summed E-state index contributed by atoms with van der Waals surface area (Å²) in [6.07, 6.45) is -1.87. The molecule has 1 aromatic carbocycles. The summed E-state index contributed by atoms with van der Waals surface area (Å²) in [5.74, 6) is 0.888. The van der Waals surface area contributed by atoms with Crippen LogP contribution in [0.15, 0.2) is 30.5 Å². The topological polar surface area (TPSA) is 29.9 Å². The first-order valence-electron chi connectivity index (χ1n) is 6.42. The molecule has 106 valence electrons. The maximum Gasteiger partial charge on any atom is 0.416 e. The Morgan fingerprint density at radius 1 is 1.35 bits per heavy atom. The van der Waals surface area contributed by atoms with Crippen LogP contribution in [0.5, 0.6) is 0 Å². The van der Waals surface area contributed by atoms with E-state index in [0.717, 1.165) is 30.4 Å². The van der Waals surface area contributed by atoms with Crippen molar-refractivity contribution in [2.75, 3.05) is 11.9 Å². The highest BCUT2D eigenvalue weighted by molar-refractivity contribution is 5.46. The summed E-state index contributed by atoms with van der Waals surface area (Å²) in [6, 6.07) is 5.35. The van der Waals surface area contributed by atoms with Gasteiger partial charge in [0.25, 0.3) is 0 Å². The highest BCUT2D eigenvalue weighted by atomic mass is 19.4. The van der Waals surface area contributed by atoms with Crippen LogP contribution in [0, 0.1) is 6.92 Å². The maximum atomic E-state index is 12.8. The molecule has 0 saturated heterocycles. The third kappa shape index (κ3) is 2.15. The van der Waals surface area contributed by atoms with Gasteiger partial charge in [-0.1, -0.05) is 12.1 Å². The smallest absolute Gasteiger partial charge is 0.370 e. The molecule has 1 unspecified atom stereocenters. The van der Waals surface area contributed by atoms with E-state index in [2.05, 4.69) is 10.4 Å². The minimum Gasteiger partial charge on any atom is -0.370 e. The third-order valence-electron chi connectivity index (χ3n) is 3.58. The molecule has 3 rings (SSSR count). The van der Waals surface area contributed by atoms with Gasteiger partial charge in [0.15, 0.2) is 0 Å². The molecular formula is C14H14F3N3. The summed E-state index contributed by atoms with van der Waals surface area (Å²) >= 11 is 0. The second kappa shape index (κ2) is 4.54. The molecule has 2 aromatic rings. The number of hydrogen-bond acceptors (Lipinski definition) is 2. The Kier molecular flexibility index (Phi) is 2.96. The van der Waals surface area contributed by atoms with Gasteiger partial charge >= 0.3 is 6.18 Å². The molecule has 0 fully saturated rings. The van der Waals surface area contributed by atoms with Crippen LogP contribution in [0.25, 0.3) is 0 Å². The Bertz CT molecular complexity index is 631. The third-order valence-corrected chi connectivity index (χ3v) is 3.58. The van der Waals surface area contributed by atoms with Crippen molar-refractivity contribution in [3.05, 3.63) is 47.2 Å². The van der Waals surface area contributed by atoms with Crippen LogP contribution in [-0.2, 0) is 6.18 Å². The number of rotatable bonds is 1. The van der Waals surface area contributed by atoms with Gasteiger partial charge in [0.2, 0.25) is 0 Å². The number of aryl methyl sites for hydroxylation is 1. The van der Waals surface area contributed by atoms with Crippen LogP contribution in [-0.4, -0.2) is 16.3 Å². The normalized spacial score (nSPS) is 18.5. The summed E-state index contributed by atoms with van der Waals surface area (Å²) < 4.78 is 40.2. The summed E-state index contributed by atoms with van der Waals surface area (Å²) in [7, 11) is 0. The van der Waals surface area contributed by atoms with Crippen molar-refractivity contribution in [1.82, 2.24) is 9.78 Å². The molecule has 1 aliphatic rings. The molecule has 1 aliphatic heterocycles. The van der Waals surface area contributed by atoms with E-state index < -0.39 is 11.7 Å². The molecule has 20 heavy (non-hydrogen) atoms. The average molecular weight is 281 g/mol. The average Bonchev–Trinajstić information content (AvgIpc) is 2.80.